The van der Waals surface area contributed by atoms with E-state index in [0.717, 1.165) is 57.7 Å². The van der Waals surface area contributed by atoms with Gasteiger partial charge in [-0.3, -0.25) is 9.59 Å². The van der Waals surface area contributed by atoms with Crippen LogP contribution in [0.15, 0.2) is 64.3 Å². The normalized spacial score (nSPS) is 19.6. The lowest BCUT2D eigenvalue weighted by Crippen LogP contribution is -2.41. The molecule has 8 nitrogen and oxygen atoms in total. The van der Waals surface area contributed by atoms with E-state index in [-0.39, 0.29) is 22.4 Å². The minimum absolute atomic E-state index is 0.0672. The van der Waals surface area contributed by atoms with Crippen LogP contribution in [0.4, 0.5) is 0 Å². The Hall–Kier alpha value is -3.01. The highest BCUT2D eigenvalue weighted by molar-refractivity contribution is 7.89. The summed E-state index contributed by atoms with van der Waals surface area (Å²) in [5.41, 5.74) is 1.66. The van der Waals surface area contributed by atoms with Crippen molar-refractivity contribution in [3.63, 3.8) is 0 Å². The van der Waals surface area contributed by atoms with E-state index in [1.165, 1.54) is 36.6 Å². The summed E-state index contributed by atoms with van der Waals surface area (Å²) in [6.45, 7) is 5.95. The number of aromatic amines is 1. The van der Waals surface area contributed by atoms with Crippen LogP contribution in [0.2, 0.25) is 0 Å². The number of sulfonamides is 1. The summed E-state index contributed by atoms with van der Waals surface area (Å²) in [5.74, 6) is 0.355. The van der Waals surface area contributed by atoms with Crippen LogP contribution in [0.5, 0.6) is 0 Å². The van der Waals surface area contributed by atoms with E-state index in [1.54, 1.807) is 10.4 Å². The van der Waals surface area contributed by atoms with Gasteiger partial charge in [0, 0.05) is 36.1 Å². The quantitative estimate of drug-likeness (QED) is 0.380. The highest BCUT2D eigenvalue weighted by atomic mass is 32.2. The molecule has 2 fully saturated rings. The van der Waals surface area contributed by atoms with Crippen molar-refractivity contribution in [1.82, 2.24) is 19.5 Å². The molecule has 0 aliphatic carbocycles. The largest absolute Gasteiger partial charge is 0.352 e. The predicted molar refractivity (Wildman–Crippen MR) is 158 cm³/mol. The lowest BCUT2D eigenvalue weighted by atomic mass is 9.90. The van der Waals surface area contributed by atoms with Crippen LogP contribution in [-0.2, 0) is 16.4 Å². The number of fused-ring (bicyclic) bond motifs is 1. The Labute approximate surface area is 236 Å². The fraction of sp³-hybridized carbons (Fsp3) is 0.484. The maximum Gasteiger partial charge on any atom is 0.252 e. The molecule has 40 heavy (non-hydrogen) atoms. The number of nitrogens with zero attached hydrogens (tertiary/aromatic N) is 2. The summed E-state index contributed by atoms with van der Waals surface area (Å²) >= 11 is 0. The second kappa shape index (κ2) is 12.7. The van der Waals surface area contributed by atoms with Crippen molar-refractivity contribution in [1.29, 1.82) is 0 Å². The smallest absolute Gasteiger partial charge is 0.252 e. The molecule has 1 atom stereocenters. The predicted octanol–water partition coefficient (Wildman–Crippen LogP) is 4.17. The van der Waals surface area contributed by atoms with Crippen molar-refractivity contribution < 1.29 is 13.2 Å². The van der Waals surface area contributed by atoms with Crippen LogP contribution in [0.3, 0.4) is 0 Å². The Morgan fingerprint density at radius 1 is 1.00 bits per heavy atom. The minimum Gasteiger partial charge on any atom is -0.352 e. The first-order chi connectivity index (χ1) is 19.3. The Morgan fingerprint density at radius 2 is 1.77 bits per heavy atom. The second-order valence-corrected chi connectivity index (χ2v) is 13.2. The standard InChI is InChI=1S/C31H40N4O4S/c1-23-8-5-6-17-35(23)40(38,39)26-11-12-29-27(21-26)28(22-30(36)33-29)31(37)32-15-7-16-34-18-13-25(14-19-34)20-24-9-3-2-4-10-24/h2-4,9-12,21-23,25H,5-8,13-20H2,1H3,(H,32,37)(H,33,36)/t23-/m0/s1. The molecule has 1 aromatic heterocycles. The van der Waals surface area contributed by atoms with Gasteiger partial charge in [0.1, 0.15) is 0 Å². The average Bonchev–Trinajstić information content (AvgIpc) is 2.96. The molecule has 2 aliphatic heterocycles. The van der Waals surface area contributed by atoms with E-state index < -0.39 is 15.6 Å². The molecule has 0 radical (unpaired) electrons. The number of hydrogen-bond acceptors (Lipinski definition) is 5. The van der Waals surface area contributed by atoms with Gasteiger partial charge in [0.15, 0.2) is 0 Å². The maximum absolute atomic E-state index is 13.4. The molecule has 9 heteroatoms. The summed E-state index contributed by atoms with van der Waals surface area (Å²) in [5, 5.41) is 3.38. The summed E-state index contributed by atoms with van der Waals surface area (Å²) < 4.78 is 28.4. The van der Waals surface area contributed by atoms with Gasteiger partial charge in [0.25, 0.3) is 5.91 Å². The van der Waals surface area contributed by atoms with Crippen molar-refractivity contribution in [2.45, 2.75) is 62.8 Å². The third-order valence-electron chi connectivity index (χ3n) is 8.42. The Kier molecular flexibility index (Phi) is 9.03. The van der Waals surface area contributed by atoms with E-state index in [2.05, 4.69) is 45.5 Å². The SMILES string of the molecule is C[C@H]1CCCCN1S(=O)(=O)c1ccc2[nH]c(=O)cc(C(=O)NCCCN3CCC(Cc4ccccc4)CC3)c2c1. The number of rotatable bonds is 9. The van der Waals surface area contributed by atoms with E-state index in [9.17, 15) is 18.0 Å². The van der Waals surface area contributed by atoms with Gasteiger partial charge in [0.2, 0.25) is 15.6 Å². The molecule has 3 aromatic rings. The molecular formula is C31H40N4O4S. The van der Waals surface area contributed by atoms with Crippen molar-refractivity contribution in [3.05, 3.63) is 76.1 Å². The topological polar surface area (TPSA) is 103 Å². The number of likely N-dealkylation sites (tertiary alicyclic amines) is 1. The van der Waals surface area contributed by atoms with Gasteiger partial charge in [-0.05, 0) is 94.8 Å². The summed E-state index contributed by atoms with van der Waals surface area (Å²) in [4.78, 5) is 30.8. The van der Waals surface area contributed by atoms with E-state index in [4.69, 9.17) is 0 Å². The number of hydrogen-bond donors (Lipinski definition) is 2. The van der Waals surface area contributed by atoms with Crippen LogP contribution >= 0.6 is 0 Å². The molecule has 2 N–H and O–H groups in total. The fourth-order valence-electron chi connectivity index (χ4n) is 6.11. The Bertz CT molecular complexity index is 1480. The molecule has 1 amide bonds. The molecule has 0 saturated carbocycles. The molecule has 5 rings (SSSR count). The van der Waals surface area contributed by atoms with Crippen molar-refractivity contribution >= 4 is 26.8 Å². The number of H-pyrrole nitrogens is 1. The van der Waals surface area contributed by atoms with Gasteiger partial charge in [-0.25, -0.2) is 8.42 Å². The number of pyridine rings is 1. The first kappa shape index (κ1) is 28.5. The average molecular weight is 565 g/mol. The minimum atomic E-state index is -3.71. The monoisotopic (exact) mass is 564 g/mol. The van der Waals surface area contributed by atoms with E-state index in [0.29, 0.717) is 24.0 Å². The van der Waals surface area contributed by atoms with Gasteiger partial charge >= 0.3 is 0 Å². The number of carbonyl (C=O) groups is 1. The number of aromatic nitrogens is 1. The molecule has 0 bridgehead atoms. The molecule has 214 valence electrons. The van der Waals surface area contributed by atoms with Crippen LogP contribution in [0, 0.1) is 5.92 Å². The van der Waals surface area contributed by atoms with Crippen LogP contribution in [0.25, 0.3) is 10.9 Å². The highest BCUT2D eigenvalue weighted by Crippen LogP contribution is 2.28. The summed E-state index contributed by atoms with van der Waals surface area (Å²) in [6.07, 6.45) is 6.99. The molecule has 2 aromatic carbocycles. The van der Waals surface area contributed by atoms with Crippen molar-refractivity contribution in [3.8, 4) is 0 Å². The van der Waals surface area contributed by atoms with Gasteiger partial charge in [-0.2, -0.15) is 4.31 Å². The van der Waals surface area contributed by atoms with Gasteiger partial charge < -0.3 is 15.2 Å². The zero-order chi connectivity index (χ0) is 28.1. The number of amides is 1. The third-order valence-corrected chi connectivity index (χ3v) is 10.4. The highest BCUT2D eigenvalue weighted by Gasteiger charge is 2.31. The van der Waals surface area contributed by atoms with Crippen molar-refractivity contribution in [2.24, 2.45) is 5.92 Å². The molecular weight excluding hydrogens is 524 g/mol. The number of nitrogens with one attached hydrogen (secondary N) is 2. The van der Waals surface area contributed by atoms with Crippen LogP contribution in [-0.4, -0.2) is 67.3 Å². The lowest BCUT2D eigenvalue weighted by molar-refractivity contribution is 0.0952. The van der Waals surface area contributed by atoms with Crippen LogP contribution < -0.4 is 10.9 Å². The summed E-state index contributed by atoms with van der Waals surface area (Å²) in [7, 11) is -3.71. The molecule has 2 aliphatic rings. The van der Waals surface area contributed by atoms with E-state index in [1.807, 2.05) is 6.92 Å². The van der Waals surface area contributed by atoms with Gasteiger partial charge in [0.05, 0.1) is 10.5 Å². The number of benzene rings is 2. The molecule has 2 saturated heterocycles. The maximum atomic E-state index is 13.4. The molecule has 0 spiro atoms. The Morgan fingerprint density at radius 3 is 2.52 bits per heavy atom. The van der Waals surface area contributed by atoms with Crippen molar-refractivity contribution in [2.75, 3.05) is 32.7 Å². The second-order valence-electron chi connectivity index (χ2n) is 11.3. The zero-order valence-electron chi connectivity index (χ0n) is 23.3. The molecule has 3 heterocycles. The first-order valence-electron chi connectivity index (χ1n) is 14.5. The molecule has 0 unspecified atom stereocenters. The fourth-order valence-corrected chi connectivity index (χ4v) is 7.83. The van der Waals surface area contributed by atoms with Crippen LogP contribution in [0.1, 0.15) is 61.4 Å². The number of piperidine rings is 2. The van der Waals surface area contributed by atoms with Gasteiger partial charge in [-0.15, -0.1) is 0 Å². The zero-order valence-corrected chi connectivity index (χ0v) is 24.1. The van der Waals surface area contributed by atoms with E-state index >= 15 is 0 Å². The number of carbonyl (C=O) groups excluding carboxylic acids is 1. The Balaban J connectivity index is 1.18. The third kappa shape index (κ3) is 6.65. The first-order valence-corrected chi connectivity index (χ1v) is 16.0. The summed E-state index contributed by atoms with van der Waals surface area (Å²) in [6, 6.07) is 16.5. The van der Waals surface area contributed by atoms with Gasteiger partial charge in [-0.1, -0.05) is 36.8 Å². The lowest BCUT2D eigenvalue weighted by Gasteiger charge is -2.32.